The van der Waals surface area contributed by atoms with E-state index in [1.807, 2.05) is 32.0 Å². The van der Waals surface area contributed by atoms with Crippen LogP contribution in [0.2, 0.25) is 5.02 Å². The summed E-state index contributed by atoms with van der Waals surface area (Å²) in [7, 11) is 0. The number of nitrogens with zero attached hydrogens (tertiary/aromatic N) is 1. The van der Waals surface area contributed by atoms with Gasteiger partial charge in [-0.1, -0.05) is 30.7 Å². The lowest BCUT2D eigenvalue weighted by molar-refractivity contribution is 0.0503. The first-order valence-electron chi connectivity index (χ1n) is 9.88. The van der Waals surface area contributed by atoms with Crippen molar-refractivity contribution in [1.29, 1.82) is 0 Å². The van der Waals surface area contributed by atoms with Gasteiger partial charge in [-0.3, -0.25) is 0 Å². The minimum atomic E-state index is -0.195. The molecule has 1 unspecified atom stereocenters. The largest absolute Gasteiger partial charge is 0.462 e. The third-order valence-electron chi connectivity index (χ3n) is 5.32. The Labute approximate surface area is 167 Å². The summed E-state index contributed by atoms with van der Waals surface area (Å²) >= 11 is 6.22. The van der Waals surface area contributed by atoms with Gasteiger partial charge in [0.25, 0.3) is 0 Å². The van der Waals surface area contributed by atoms with Gasteiger partial charge < -0.3 is 9.64 Å². The first-order chi connectivity index (χ1) is 13.1. The molecule has 1 aliphatic rings. The zero-order chi connectivity index (χ0) is 19.4. The van der Waals surface area contributed by atoms with E-state index >= 15 is 0 Å². The van der Waals surface area contributed by atoms with E-state index in [1.165, 1.54) is 11.3 Å². The van der Waals surface area contributed by atoms with E-state index in [4.69, 9.17) is 16.3 Å². The van der Waals surface area contributed by atoms with Crippen molar-refractivity contribution >= 4 is 23.3 Å². The molecule has 0 aliphatic heterocycles. The van der Waals surface area contributed by atoms with Crippen molar-refractivity contribution in [2.45, 2.75) is 52.5 Å². The number of esters is 1. The van der Waals surface area contributed by atoms with Crippen LogP contribution in [0.3, 0.4) is 0 Å². The zero-order valence-corrected chi connectivity index (χ0v) is 17.2. The number of aryl methyl sites for hydroxylation is 1. The second-order valence-electron chi connectivity index (χ2n) is 7.14. The van der Waals surface area contributed by atoms with E-state index in [-0.39, 0.29) is 12.0 Å². The monoisotopic (exact) mass is 385 g/mol. The summed E-state index contributed by atoms with van der Waals surface area (Å²) in [5, 5.41) is 0.791. The first kappa shape index (κ1) is 19.8. The maximum absolute atomic E-state index is 12.5. The summed E-state index contributed by atoms with van der Waals surface area (Å²) in [4.78, 5) is 14.9. The molecule has 0 radical (unpaired) electrons. The third kappa shape index (κ3) is 4.14. The number of halogens is 1. The number of hydrogen-bond acceptors (Lipinski definition) is 3. The van der Waals surface area contributed by atoms with Crippen LogP contribution in [0.15, 0.2) is 36.4 Å². The Balaban J connectivity index is 1.97. The molecule has 144 valence electrons. The summed E-state index contributed by atoms with van der Waals surface area (Å²) in [5.74, 6) is -0.195. The van der Waals surface area contributed by atoms with Gasteiger partial charge in [0.1, 0.15) is 0 Å². The predicted octanol–water partition coefficient (Wildman–Crippen LogP) is 6.12. The second kappa shape index (κ2) is 8.79. The Hall–Kier alpha value is -2.00. The lowest BCUT2D eigenvalue weighted by Crippen LogP contribution is -2.32. The van der Waals surface area contributed by atoms with Crippen LogP contribution < -0.4 is 4.90 Å². The fraction of sp³-hybridized carbons (Fsp3) is 0.435. The molecule has 1 aliphatic carbocycles. The average molecular weight is 386 g/mol. The van der Waals surface area contributed by atoms with Crippen molar-refractivity contribution < 1.29 is 9.53 Å². The van der Waals surface area contributed by atoms with Gasteiger partial charge in [0, 0.05) is 17.3 Å². The van der Waals surface area contributed by atoms with E-state index in [0.29, 0.717) is 6.61 Å². The van der Waals surface area contributed by atoms with Crippen LogP contribution in [0.5, 0.6) is 0 Å². The van der Waals surface area contributed by atoms with Crippen LogP contribution in [0, 0.1) is 6.92 Å². The van der Waals surface area contributed by atoms with Gasteiger partial charge in [-0.25, -0.2) is 4.79 Å². The Morgan fingerprint density at radius 3 is 2.78 bits per heavy atom. The first-order valence-corrected chi connectivity index (χ1v) is 10.3. The highest BCUT2D eigenvalue weighted by Crippen LogP contribution is 2.39. The molecule has 0 amide bonds. The highest BCUT2D eigenvalue weighted by molar-refractivity contribution is 6.31. The van der Waals surface area contributed by atoms with E-state index < -0.39 is 0 Å². The summed E-state index contributed by atoms with van der Waals surface area (Å²) in [5.41, 5.74) is 5.39. The molecule has 4 heteroatoms. The maximum atomic E-state index is 12.5. The van der Waals surface area contributed by atoms with Gasteiger partial charge in [0.05, 0.1) is 18.2 Å². The fourth-order valence-corrected chi connectivity index (χ4v) is 4.12. The van der Waals surface area contributed by atoms with Crippen molar-refractivity contribution in [3.05, 3.63) is 63.7 Å². The second-order valence-corrected chi connectivity index (χ2v) is 7.54. The molecule has 3 rings (SSSR count). The summed E-state index contributed by atoms with van der Waals surface area (Å²) in [6.45, 7) is 7.59. The van der Waals surface area contributed by atoms with Crippen molar-refractivity contribution in [2.75, 3.05) is 18.1 Å². The van der Waals surface area contributed by atoms with Gasteiger partial charge in [-0.15, -0.1) is 0 Å². The molecule has 2 aromatic rings. The highest BCUT2D eigenvalue weighted by atomic mass is 35.5. The van der Waals surface area contributed by atoms with Gasteiger partial charge in [0.15, 0.2) is 0 Å². The molecular formula is C23H28ClNO2. The molecule has 0 aromatic heterocycles. The van der Waals surface area contributed by atoms with Gasteiger partial charge >= 0.3 is 5.97 Å². The number of ether oxygens (including phenoxy) is 1. The fourth-order valence-electron chi connectivity index (χ4n) is 4.00. The van der Waals surface area contributed by atoms with Crippen molar-refractivity contribution in [2.24, 2.45) is 0 Å². The van der Waals surface area contributed by atoms with Crippen LogP contribution in [0.1, 0.15) is 66.2 Å². The number of rotatable bonds is 6. The zero-order valence-electron chi connectivity index (χ0n) is 16.4. The molecule has 0 spiro atoms. The standard InChI is InChI=1S/C23H28ClNO2/c1-4-14-27-23(26)20-10-6-9-19-18(20)8-7-11-22(19)25(5-2)17-12-13-21(24)16(3)15-17/h6,9-10,12-13,15,22H,4-5,7-8,11,14H2,1-3H3. The lowest BCUT2D eigenvalue weighted by Gasteiger charge is -2.37. The van der Waals surface area contributed by atoms with E-state index in [0.717, 1.165) is 53.9 Å². The van der Waals surface area contributed by atoms with Crippen LogP contribution in [-0.2, 0) is 11.2 Å². The molecule has 1 atom stereocenters. The number of anilines is 1. The minimum Gasteiger partial charge on any atom is -0.462 e. The van der Waals surface area contributed by atoms with Crippen molar-refractivity contribution in [3.8, 4) is 0 Å². The number of carbonyl (C=O) groups is 1. The van der Waals surface area contributed by atoms with Crippen molar-refractivity contribution in [1.82, 2.24) is 0 Å². The minimum absolute atomic E-state index is 0.195. The van der Waals surface area contributed by atoms with Crippen LogP contribution in [0.25, 0.3) is 0 Å². The summed E-state index contributed by atoms with van der Waals surface area (Å²) < 4.78 is 5.41. The Morgan fingerprint density at radius 2 is 2.07 bits per heavy atom. The molecule has 27 heavy (non-hydrogen) atoms. The van der Waals surface area contributed by atoms with E-state index in [2.05, 4.69) is 30.0 Å². The summed E-state index contributed by atoms with van der Waals surface area (Å²) in [6.07, 6.45) is 3.91. The SMILES string of the molecule is CCCOC(=O)c1cccc2c1CCCC2N(CC)c1ccc(Cl)c(C)c1. The predicted molar refractivity (Wildman–Crippen MR) is 112 cm³/mol. The number of carbonyl (C=O) groups excluding carboxylic acids is 1. The Kier molecular flexibility index (Phi) is 6.43. The molecule has 0 fully saturated rings. The molecular weight excluding hydrogens is 358 g/mol. The molecule has 0 heterocycles. The lowest BCUT2D eigenvalue weighted by atomic mass is 9.83. The quantitative estimate of drug-likeness (QED) is 0.561. The van der Waals surface area contributed by atoms with Gasteiger partial charge in [-0.05, 0) is 80.5 Å². The molecule has 0 saturated carbocycles. The van der Waals surface area contributed by atoms with Gasteiger partial charge in [0.2, 0.25) is 0 Å². The maximum Gasteiger partial charge on any atom is 0.338 e. The topological polar surface area (TPSA) is 29.5 Å². The summed E-state index contributed by atoms with van der Waals surface area (Å²) in [6, 6.07) is 12.5. The molecule has 0 bridgehead atoms. The Morgan fingerprint density at radius 1 is 1.26 bits per heavy atom. The molecule has 0 saturated heterocycles. The Bertz CT molecular complexity index is 818. The van der Waals surface area contributed by atoms with E-state index in [1.54, 1.807) is 0 Å². The highest BCUT2D eigenvalue weighted by Gasteiger charge is 2.28. The normalized spacial score (nSPS) is 15.9. The number of benzene rings is 2. The van der Waals surface area contributed by atoms with Crippen LogP contribution in [0.4, 0.5) is 5.69 Å². The van der Waals surface area contributed by atoms with Gasteiger partial charge in [-0.2, -0.15) is 0 Å². The number of hydrogen-bond donors (Lipinski definition) is 0. The number of fused-ring (bicyclic) bond motifs is 1. The molecule has 2 aromatic carbocycles. The third-order valence-corrected chi connectivity index (χ3v) is 5.75. The van der Waals surface area contributed by atoms with Crippen LogP contribution >= 0.6 is 11.6 Å². The van der Waals surface area contributed by atoms with Crippen LogP contribution in [-0.4, -0.2) is 19.1 Å². The van der Waals surface area contributed by atoms with E-state index in [9.17, 15) is 4.79 Å². The smallest absolute Gasteiger partial charge is 0.338 e. The molecule has 0 N–H and O–H groups in total. The van der Waals surface area contributed by atoms with Crippen molar-refractivity contribution in [3.63, 3.8) is 0 Å². The molecule has 3 nitrogen and oxygen atoms in total. The average Bonchev–Trinajstić information content (AvgIpc) is 2.69.